The molecule has 0 spiro atoms. The normalized spacial score (nSPS) is 13.1. The highest BCUT2D eigenvalue weighted by Crippen LogP contribution is 2.38. The molecule has 24 heavy (non-hydrogen) atoms. The summed E-state index contributed by atoms with van der Waals surface area (Å²) in [7, 11) is -1.60. The van der Waals surface area contributed by atoms with Crippen LogP contribution in [-0.4, -0.2) is 26.0 Å². The number of halogens is 5. The Morgan fingerprint density at radius 1 is 1.33 bits per heavy atom. The van der Waals surface area contributed by atoms with Crippen molar-refractivity contribution in [2.45, 2.75) is 18.0 Å². The van der Waals surface area contributed by atoms with Crippen LogP contribution in [0.4, 0.5) is 19.0 Å². The van der Waals surface area contributed by atoms with E-state index in [0.29, 0.717) is 18.4 Å². The molecule has 0 fully saturated rings. The quantitative estimate of drug-likeness (QED) is 0.794. The predicted molar refractivity (Wildman–Crippen MR) is 85.3 cm³/mol. The van der Waals surface area contributed by atoms with Crippen molar-refractivity contribution in [1.82, 2.24) is 9.78 Å². The Hall–Kier alpha value is -1.58. The van der Waals surface area contributed by atoms with E-state index in [-0.39, 0.29) is 37.9 Å². The largest absolute Gasteiger partial charge is 0.416 e. The summed E-state index contributed by atoms with van der Waals surface area (Å²) in [5.41, 5.74) is 4.49. The monoisotopic (exact) mass is 399 g/mol. The standard InChI is InChI=1S/C13H10Cl2F3N3O2S/c1-2-24(23)11-9(5-22)20-21(12(11)19)10-7(14)3-6(4-8(10)15)13(16,17)18/h3-5H,2,19H2,1H3. The van der Waals surface area contributed by atoms with Crippen molar-refractivity contribution in [3.8, 4) is 5.69 Å². The first kappa shape index (κ1) is 18.8. The number of nitrogen functional groups attached to an aromatic ring is 1. The van der Waals surface area contributed by atoms with E-state index in [1.165, 1.54) is 0 Å². The van der Waals surface area contributed by atoms with Gasteiger partial charge in [-0.25, -0.2) is 4.68 Å². The Labute approximate surface area is 147 Å². The van der Waals surface area contributed by atoms with Crippen molar-refractivity contribution < 1.29 is 22.2 Å². The summed E-state index contributed by atoms with van der Waals surface area (Å²) < 4.78 is 51.3. The van der Waals surface area contributed by atoms with E-state index in [1.54, 1.807) is 6.92 Å². The molecule has 0 saturated heterocycles. The Kier molecular flexibility index (Phi) is 5.26. The smallest absolute Gasteiger partial charge is 0.383 e. The van der Waals surface area contributed by atoms with Crippen molar-refractivity contribution in [3.05, 3.63) is 33.4 Å². The van der Waals surface area contributed by atoms with Crippen LogP contribution in [0.3, 0.4) is 0 Å². The molecule has 1 aromatic heterocycles. The van der Waals surface area contributed by atoms with Crippen molar-refractivity contribution >= 4 is 46.1 Å². The molecule has 5 nitrogen and oxygen atoms in total. The molecule has 0 radical (unpaired) electrons. The van der Waals surface area contributed by atoms with Crippen LogP contribution in [0.5, 0.6) is 0 Å². The highest BCUT2D eigenvalue weighted by atomic mass is 35.5. The van der Waals surface area contributed by atoms with E-state index >= 15 is 0 Å². The number of hydrogen-bond donors (Lipinski definition) is 1. The minimum Gasteiger partial charge on any atom is -0.383 e. The lowest BCUT2D eigenvalue weighted by atomic mass is 10.2. The lowest BCUT2D eigenvalue weighted by Crippen LogP contribution is -2.09. The van der Waals surface area contributed by atoms with Crippen LogP contribution in [0, 0.1) is 0 Å². The second kappa shape index (κ2) is 6.73. The number of aldehydes is 1. The maximum absolute atomic E-state index is 12.8. The third-order valence-corrected chi connectivity index (χ3v) is 5.03. The van der Waals surface area contributed by atoms with E-state index in [4.69, 9.17) is 28.9 Å². The topological polar surface area (TPSA) is 78.0 Å². The number of hydrogen-bond acceptors (Lipinski definition) is 4. The van der Waals surface area contributed by atoms with Crippen LogP contribution in [0.2, 0.25) is 10.0 Å². The van der Waals surface area contributed by atoms with Crippen molar-refractivity contribution in [3.63, 3.8) is 0 Å². The predicted octanol–water partition coefficient (Wildman–Crippen LogP) is 3.72. The lowest BCUT2D eigenvalue weighted by molar-refractivity contribution is -0.137. The third kappa shape index (κ3) is 3.28. The highest BCUT2D eigenvalue weighted by molar-refractivity contribution is 7.85. The zero-order chi connectivity index (χ0) is 18.2. The molecule has 0 bridgehead atoms. The minimum atomic E-state index is -4.63. The zero-order valence-electron chi connectivity index (χ0n) is 12.0. The molecule has 2 aromatic rings. The molecule has 11 heteroatoms. The number of alkyl halides is 3. The van der Waals surface area contributed by atoms with Gasteiger partial charge < -0.3 is 5.73 Å². The van der Waals surface area contributed by atoms with E-state index in [1.807, 2.05) is 0 Å². The summed E-state index contributed by atoms with van der Waals surface area (Å²) in [6.45, 7) is 1.61. The lowest BCUT2D eigenvalue weighted by Gasteiger charge is -2.13. The van der Waals surface area contributed by atoms with E-state index in [2.05, 4.69) is 5.10 Å². The first-order chi connectivity index (χ1) is 11.1. The SMILES string of the molecule is CCS(=O)c1c(C=O)nn(-c2c(Cl)cc(C(F)(F)F)cc2Cl)c1N. The van der Waals surface area contributed by atoms with E-state index in [9.17, 15) is 22.2 Å². The number of benzene rings is 1. The Morgan fingerprint density at radius 2 is 1.88 bits per heavy atom. The summed E-state index contributed by atoms with van der Waals surface area (Å²) in [4.78, 5) is 11.1. The van der Waals surface area contributed by atoms with Gasteiger partial charge in [0.15, 0.2) is 6.29 Å². The van der Waals surface area contributed by atoms with Crippen LogP contribution < -0.4 is 5.73 Å². The van der Waals surface area contributed by atoms with Crippen LogP contribution >= 0.6 is 23.2 Å². The van der Waals surface area contributed by atoms with Gasteiger partial charge in [0.25, 0.3) is 0 Å². The molecule has 2 rings (SSSR count). The molecule has 1 unspecified atom stereocenters. The summed E-state index contributed by atoms with van der Waals surface area (Å²) in [5.74, 6) is -0.00794. The summed E-state index contributed by atoms with van der Waals surface area (Å²) in [5, 5.41) is 3.13. The second-order valence-electron chi connectivity index (χ2n) is 4.55. The van der Waals surface area contributed by atoms with Gasteiger partial charge in [0.2, 0.25) is 0 Å². The Morgan fingerprint density at radius 3 is 2.29 bits per heavy atom. The first-order valence-electron chi connectivity index (χ1n) is 6.40. The molecular weight excluding hydrogens is 390 g/mol. The molecule has 0 saturated carbocycles. The average molecular weight is 400 g/mol. The van der Waals surface area contributed by atoms with Gasteiger partial charge in [0.05, 0.1) is 26.4 Å². The highest BCUT2D eigenvalue weighted by Gasteiger charge is 2.33. The van der Waals surface area contributed by atoms with Crippen molar-refractivity contribution in [2.24, 2.45) is 0 Å². The van der Waals surface area contributed by atoms with Crippen LogP contribution in [0.1, 0.15) is 23.0 Å². The summed E-state index contributed by atoms with van der Waals surface area (Å²) in [6, 6.07) is 1.34. The molecular formula is C13H10Cl2F3N3O2S. The molecule has 130 valence electrons. The number of carbonyl (C=O) groups is 1. The van der Waals surface area contributed by atoms with Crippen molar-refractivity contribution in [1.29, 1.82) is 0 Å². The summed E-state index contributed by atoms with van der Waals surface area (Å²) in [6.07, 6.45) is -4.29. The van der Waals surface area contributed by atoms with Gasteiger partial charge >= 0.3 is 6.18 Å². The number of anilines is 1. The van der Waals surface area contributed by atoms with Gasteiger partial charge in [-0.15, -0.1) is 0 Å². The first-order valence-corrected chi connectivity index (χ1v) is 8.47. The van der Waals surface area contributed by atoms with Crippen LogP contribution in [-0.2, 0) is 17.0 Å². The number of aromatic nitrogens is 2. The fraction of sp³-hybridized carbons (Fsp3) is 0.231. The number of rotatable bonds is 4. The van der Waals surface area contributed by atoms with E-state index < -0.39 is 22.5 Å². The molecule has 0 aliphatic rings. The maximum Gasteiger partial charge on any atom is 0.416 e. The molecule has 1 aromatic carbocycles. The summed E-state index contributed by atoms with van der Waals surface area (Å²) >= 11 is 11.8. The molecule has 1 heterocycles. The minimum absolute atomic E-state index is 0.0143. The maximum atomic E-state index is 12.8. The molecule has 1 atom stereocenters. The molecule has 2 N–H and O–H groups in total. The Bertz CT molecular complexity index is 814. The second-order valence-corrected chi connectivity index (χ2v) is 7.04. The fourth-order valence-corrected chi connectivity index (χ4v) is 3.57. The number of nitrogens with two attached hydrogens (primary N) is 1. The van der Waals surface area contributed by atoms with Gasteiger partial charge in [0.1, 0.15) is 22.1 Å². The zero-order valence-corrected chi connectivity index (χ0v) is 14.4. The van der Waals surface area contributed by atoms with Crippen molar-refractivity contribution in [2.75, 3.05) is 11.5 Å². The van der Waals surface area contributed by atoms with Gasteiger partial charge in [-0.3, -0.25) is 9.00 Å². The van der Waals surface area contributed by atoms with Gasteiger partial charge in [-0.05, 0) is 12.1 Å². The number of carbonyl (C=O) groups excluding carboxylic acids is 1. The Balaban J connectivity index is 2.72. The fourth-order valence-electron chi connectivity index (χ4n) is 1.99. The number of nitrogens with zero attached hydrogens (tertiary/aromatic N) is 2. The van der Waals surface area contributed by atoms with Crippen LogP contribution in [0.25, 0.3) is 5.69 Å². The van der Waals surface area contributed by atoms with Gasteiger partial charge in [-0.2, -0.15) is 18.3 Å². The molecule has 0 amide bonds. The average Bonchev–Trinajstić information content (AvgIpc) is 2.81. The van der Waals surface area contributed by atoms with E-state index in [0.717, 1.165) is 4.68 Å². The molecule has 0 aliphatic carbocycles. The van der Waals surface area contributed by atoms with Gasteiger partial charge in [0, 0.05) is 5.75 Å². The van der Waals surface area contributed by atoms with Gasteiger partial charge in [-0.1, -0.05) is 30.1 Å². The molecule has 0 aliphatic heterocycles. The van der Waals surface area contributed by atoms with Crippen LogP contribution in [0.15, 0.2) is 17.0 Å². The third-order valence-electron chi connectivity index (χ3n) is 3.06.